The molecule has 24 heavy (non-hydrogen) atoms. The van der Waals surface area contributed by atoms with Crippen LogP contribution in [0, 0.1) is 22.9 Å². The van der Waals surface area contributed by atoms with Gasteiger partial charge in [0, 0.05) is 23.4 Å². The number of anilines is 1. The standard InChI is InChI=1S/C16H14FN3O4/c1-11-5-6-13(8-15(11)17)19-16(21)10-24-18-9-12-3-2-4-14(7-12)20(22)23/h2-9H,10H2,1H3,(H,19,21)/b18-9+. The molecule has 8 heteroatoms. The van der Waals surface area contributed by atoms with E-state index in [4.69, 9.17) is 4.84 Å². The van der Waals surface area contributed by atoms with Crippen LogP contribution in [0.1, 0.15) is 11.1 Å². The summed E-state index contributed by atoms with van der Waals surface area (Å²) < 4.78 is 13.4. The van der Waals surface area contributed by atoms with Gasteiger partial charge in [0.25, 0.3) is 11.6 Å². The summed E-state index contributed by atoms with van der Waals surface area (Å²) in [5.74, 6) is -0.924. The molecule has 0 fully saturated rings. The van der Waals surface area contributed by atoms with Crippen molar-refractivity contribution in [1.82, 2.24) is 0 Å². The zero-order chi connectivity index (χ0) is 17.5. The number of rotatable bonds is 6. The van der Waals surface area contributed by atoms with Crippen molar-refractivity contribution in [1.29, 1.82) is 0 Å². The largest absolute Gasteiger partial charge is 0.386 e. The Kier molecular flexibility index (Phi) is 5.56. The number of carbonyl (C=O) groups excluding carboxylic acids is 1. The quantitative estimate of drug-likeness (QED) is 0.500. The van der Waals surface area contributed by atoms with Gasteiger partial charge in [-0.3, -0.25) is 14.9 Å². The van der Waals surface area contributed by atoms with Gasteiger partial charge in [-0.25, -0.2) is 4.39 Å². The van der Waals surface area contributed by atoms with Crippen LogP contribution in [0.3, 0.4) is 0 Å². The normalized spacial score (nSPS) is 10.6. The maximum atomic E-state index is 13.4. The summed E-state index contributed by atoms with van der Waals surface area (Å²) in [6.07, 6.45) is 1.26. The molecule has 0 bridgehead atoms. The molecule has 0 spiro atoms. The van der Waals surface area contributed by atoms with E-state index < -0.39 is 16.6 Å². The van der Waals surface area contributed by atoms with Gasteiger partial charge in [-0.05, 0) is 24.6 Å². The molecule has 0 aromatic heterocycles. The minimum Gasteiger partial charge on any atom is -0.386 e. The monoisotopic (exact) mass is 331 g/mol. The summed E-state index contributed by atoms with van der Waals surface area (Å²) in [5, 5.41) is 16.7. The molecular formula is C16H14FN3O4. The molecule has 124 valence electrons. The van der Waals surface area contributed by atoms with E-state index in [2.05, 4.69) is 10.5 Å². The van der Waals surface area contributed by atoms with Crippen molar-refractivity contribution in [3.8, 4) is 0 Å². The Hall–Kier alpha value is -3.29. The Labute approximate surface area is 136 Å². The third kappa shape index (κ3) is 4.87. The van der Waals surface area contributed by atoms with Gasteiger partial charge in [0.15, 0.2) is 6.61 Å². The number of hydrogen-bond acceptors (Lipinski definition) is 5. The lowest BCUT2D eigenvalue weighted by atomic mass is 10.2. The van der Waals surface area contributed by atoms with Crippen LogP contribution in [0.4, 0.5) is 15.8 Å². The maximum Gasteiger partial charge on any atom is 0.270 e. The molecule has 7 nitrogen and oxygen atoms in total. The fourth-order valence-corrected chi connectivity index (χ4v) is 1.78. The van der Waals surface area contributed by atoms with Crippen LogP contribution < -0.4 is 5.32 Å². The zero-order valence-electron chi connectivity index (χ0n) is 12.7. The zero-order valence-corrected chi connectivity index (χ0v) is 12.7. The first-order chi connectivity index (χ1) is 11.5. The lowest BCUT2D eigenvalue weighted by Gasteiger charge is -2.05. The first-order valence-corrected chi connectivity index (χ1v) is 6.91. The first-order valence-electron chi connectivity index (χ1n) is 6.91. The van der Waals surface area contributed by atoms with E-state index in [1.54, 1.807) is 25.1 Å². The topological polar surface area (TPSA) is 93.8 Å². The average Bonchev–Trinajstić information content (AvgIpc) is 2.55. The highest BCUT2D eigenvalue weighted by Crippen LogP contribution is 2.13. The number of nitrogens with zero attached hydrogens (tertiary/aromatic N) is 2. The van der Waals surface area contributed by atoms with Crippen molar-refractivity contribution in [3.63, 3.8) is 0 Å². The summed E-state index contributed by atoms with van der Waals surface area (Å²) >= 11 is 0. The number of nitro groups is 1. The van der Waals surface area contributed by atoms with Crippen LogP contribution >= 0.6 is 0 Å². The number of oxime groups is 1. The molecule has 0 aliphatic carbocycles. The minimum absolute atomic E-state index is 0.0712. The number of amides is 1. The highest BCUT2D eigenvalue weighted by Gasteiger charge is 2.06. The second-order valence-electron chi connectivity index (χ2n) is 4.87. The third-order valence-corrected chi connectivity index (χ3v) is 3.01. The molecular weight excluding hydrogens is 317 g/mol. The predicted octanol–water partition coefficient (Wildman–Crippen LogP) is 3.03. The SMILES string of the molecule is Cc1ccc(NC(=O)CO/N=C/c2cccc([N+](=O)[O-])c2)cc1F. The Morgan fingerprint density at radius 1 is 1.38 bits per heavy atom. The summed E-state index contributed by atoms with van der Waals surface area (Å²) in [7, 11) is 0. The molecule has 0 radical (unpaired) electrons. The summed E-state index contributed by atoms with van der Waals surface area (Å²) in [6.45, 7) is 1.24. The summed E-state index contributed by atoms with van der Waals surface area (Å²) in [6, 6.07) is 10.1. The van der Waals surface area contributed by atoms with Crippen molar-refractivity contribution < 1.29 is 18.9 Å². The van der Waals surface area contributed by atoms with Crippen molar-refractivity contribution in [3.05, 3.63) is 69.5 Å². The molecule has 2 aromatic carbocycles. The van der Waals surface area contributed by atoms with E-state index in [0.29, 0.717) is 16.8 Å². The number of carbonyl (C=O) groups is 1. The van der Waals surface area contributed by atoms with Crippen molar-refractivity contribution >= 4 is 23.5 Å². The molecule has 0 aliphatic heterocycles. The molecule has 2 rings (SSSR count). The summed E-state index contributed by atoms with van der Waals surface area (Å²) in [4.78, 5) is 26.6. The third-order valence-electron chi connectivity index (χ3n) is 3.01. The molecule has 0 atom stereocenters. The van der Waals surface area contributed by atoms with Gasteiger partial charge in [0.2, 0.25) is 0 Å². The maximum absolute atomic E-state index is 13.4. The van der Waals surface area contributed by atoms with Crippen LogP contribution in [0.2, 0.25) is 0 Å². The van der Waals surface area contributed by atoms with Crippen LogP contribution in [-0.2, 0) is 9.63 Å². The fourth-order valence-electron chi connectivity index (χ4n) is 1.78. The van der Waals surface area contributed by atoms with Crippen LogP contribution in [0.25, 0.3) is 0 Å². The molecule has 0 saturated heterocycles. The highest BCUT2D eigenvalue weighted by molar-refractivity contribution is 5.91. The second kappa shape index (κ2) is 7.82. The summed E-state index contributed by atoms with van der Waals surface area (Å²) in [5.41, 5.74) is 1.18. The Morgan fingerprint density at radius 3 is 2.88 bits per heavy atom. The highest BCUT2D eigenvalue weighted by atomic mass is 19.1. The lowest BCUT2D eigenvalue weighted by Crippen LogP contribution is -2.17. The number of nitro benzene ring substituents is 1. The number of halogens is 1. The predicted molar refractivity (Wildman–Crippen MR) is 86.4 cm³/mol. The molecule has 0 aliphatic rings. The fraction of sp³-hybridized carbons (Fsp3) is 0.125. The number of benzene rings is 2. The van der Waals surface area contributed by atoms with Crippen LogP contribution in [0.15, 0.2) is 47.6 Å². The second-order valence-corrected chi connectivity index (χ2v) is 4.87. The molecule has 0 heterocycles. The Morgan fingerprint density at radius 2 is 2.17 bits per heavy atom. The minimum atomic E-state index is -0.521. The molecule has 0 saturated carbocycles. The number of aryl methyl sites for hydroxylation is 1. The van der Waals surface area contributed by atoms with Gasteiger partial charge in [-0.1, -0.05) is 23.4 Å². The van der Waals surface area contributed by atoms with Gasteiger partial charge < -0.3 is 10.2 Å². The first kappa shape index (κ1) is 17.1. The molecule has 0 unspecified atom stereocenters. The average molecular weight is 331 g/mol. The number of non-ortho nitro benzene ring substituents is 1. The number of nitrogens with one attached hydrogen (secondary N) is 1. The van der Waals surface area contributed by atoms with Crippen molar-refractivity contribution in [2.45, 2.75) is 6.92 Å². The van der Waals surface area contributed by atoms with Crippen LogP contribution in [-0.4, -0.2) is 23.7 Å². The van der Waals surface area contributed by atoms with Crippen molar-refractivity contribution in [2.24, 2.45) is 5.16 Å². The van der Waals surface area contributed by atoms with Gasteiger partial charge in [-0.15, -0.1) is 0 Å². The molecule has 1 N–H and O–H groups in total. The van der Waals surface area contributed by atoms with E-state index in [1.807, 2.05) is 0 Å². The lowest BCUT2D eigenvalue weighted by molar-refractivity contribution is -0.384. The van der Waals surface area contributed by atoms with Gasteiger partial charge >= 0.3 is 0 Å². The Bertz CT molecular complexity index is 793. The number of hydrogen-bond donors (Lipinski definition) is 1. The smallest absolute Gasteiger partial charge is 0.270 e. The van der Waals surface area contributed by atoms with E-state index >= 15 is 0 Å². The van der Waals surface area contributed by atoms with Crippen LogP contribution in [0.5, 0.6) is 0 Å². The van der Waals surface area contributed by atoms with Gasteiger partial charge in [0.1, 0.15) is 5.82 Å². The molecule has 1 amide bonds. The molecule has 2 aromatic rings. The van der Waals surface area contributed by atoms with Crippen molar-refractivity contribution in [2.75, 3.05) is 11.9 Å². The Balaban J connectivity index is 1.84. The van der Waals surface area contributed by atoms with E-state index in [9.17, 15) is 19.3 Å². The van der Waals surface area contributed by atoms with E-state index in [-0.39, 0.29) is 12.3 Å². The van der Waals surface area contributed by atoms with Gasteiger partial charge in [0.05, 0.1) is 11.1 Å². The van der Waals surface area contributed by atoms with E-state index in [0.717, 1.165) is 0 Å². The van der Waals surface area contributed by atoms with Gasteiger partial charge in [-0.2, -0.15) is 0 Å². The van der Waals surface area contributed by atoms with E-state index in [1.165, 1.54) is 30.5 Å².